The number of aliphatic carboxylic acids is 1. The fraction of sp³-hybridized carbons (Fsp3) is 0.562. The van der Waals surface area contributed by atoms with Crippen LogP contribution >= 0.6 is 0 Å². The lowest BCUT2D eigenvalue weighted by Gasteiger charge is -2.32. The van der Waals surface area contributed by atoms with Gasteiger partial charge in [0.15, 0.2) is 0 Å². The summed E-state index contributed by atoms with van der Waals surface area (Å²) in [6, 6.07) is 3.81. The van der Waals surface area contributed by atoms with Crippen molar-refractivity contribution in [3.05, 3.63) is 28.3 Å². The first-order valence-corrected chi connectivity index (χ1v) is 9.92. The van der Waals surface area contributed by atoms with Crippen LogP contribution in [0.1, 0.15) is 26.7 Å². The number of carbonyl (C=O) groups is 1. The van der Waals surface area contributed by atoms with Crippen molar-refractivity contribution in [3.8, 4) is 0 Å². The lowest BCUT2D eigenvalue weighted by atomic mass is 9.97. The number of rotatable bonds is 7. The normalized spacial score (nSPS) is 18.1. The van der Waals surface area contributed by atoms with Gasteiger partial charge in [0.25, 0.3) is 5.69 Å². The molecule has 0 aromatic heterocycles. The fourth-order valence-electron chi connectivity index (χ4n) is 3.19. The number of sulfonamides is 1. The summed E-state index contributed by atoms with van der Waals surface area (Å²) in [6.07, 6.45) is 1.13. The fourth-order valence-corrected chi connectivity index (χ4v) is 4.67. The molecule has 10 heteroatoms. The lowest BCUT2D eigenvalue weighted by Crippen LogP contribution is -2.39. The van der Waals surface area contributed by atoms with Crippen LogP contribution in [0.25, 0.3) is 0 Å². The summed E-state index contributed by atoms with van der Waals surface area (Å²) in [5, 5.41) is 20.7. The molecule has 1 unspecified atom stereocenters. The maximum absolute atomic E-state index is 12.6. The van der Waals surface area contributed by atoms with Crippen LogP contribution in [0.5, 0.6) is 0 Å². The number of hydrogen-bond acceptors (Lipinski definition) is 6. The Kier molecular flexibility index (Phi) is 6.19. The van der Waals surface area contributed by atoms with Crippen LogP contribution < -0.4 is 4.90 Å². The monoisotopic (exact) mass is 385 g/mol. The lowest BCUT2D eigenvalue weighted by molar-refractivity contribution is -0.384. The predicted molar refractivity (Wildman–Crippen MR) is 95.8 cm³/mol. The van der Waals surface area contributed by atoms with E-state index in [-0.39, 0.29) is 35.9 Å². The van der Waals surface area contributed by atoms with Gasteiger partial charge < -0.3 is 10.0 Å². The SMILES string of the molecule is CCN(CC)S(=O)(=O)c1ccc(N2CCCC(C(=O)O)C2)c([N+](=O)[O-])c1. The highest BCUT2D eigenvalue weighted by Crippen LogP contribution is 2.34. The number of nitro groups is 1. The van der Waals surface area contributed by atoms with E-state index in [1.165, 1.54) is 16.4 Å². The number of nitrogens with zero attached hydrogens (tertiary/aromatic N) is 3. The Hall–Kier alpha value is -2.20. The summed E-state index contributed by atoms with van der Waals surface area (Å²) < 4.78 is 26.4. The first kappa shape index (κ1) is 20.1. The molecule has 1 aliphatic heterocycles. The zero-order chi connectivity index (χ0) is 19.5. The molecule has 1 saturated heterocycles. The topological polar surface area (TPSA) is 121 Å². The van der Waals surface area contributed by atoms with Gasteiger partial charge in [-0.3, -0.25) is 14.9 Å². The van der Waals surface area contributed by atoms with E-state index in [0.717, 1.165) is 6.07 Å². The predicted octanol–water partition coefficient (Wildman–Crippen LogP) is 1.93. The van der Waals surface area contributed by atoms with Crippen molar-refractivity contribution in [2.24, 2.45) is 5.92 Å². The van der Waals surface area contributed by atoms with Gasteiger partial charge in [-0.1, -0.05) is 13.8 Å². The van der Waals surface area contributed by atoms with Crippen molar-refractivity contribution < 1.29 is 23.2 Å². The minimum absolute atomic E-state index is 0.136. The second kappa shape index (κ2) is 8.00. The number of carboxylic acids is 1. The van der Waals surface area contributed by atoms with E-state index in [1.807, 2.05) is 0 Å². The van der Waals surface area contributed by atoms with Gasteiger partial charge in [0, 0.05) is 32.2 Å². The van der Waals surface area contributed by atoms with Crippen molar-refractivity contribution in [3.63, 3.8) is 0 Å². The van der Waals surface area contributed by atoms with Crippen molar-refractivity contribution in [2.75, 3.05) is 31.1 Å². The van der Waals surface area contributed by atoms with Gasteiger partial charge in [0.05, 0.1) is 15.7 Å². The number of benzene rings is 1. The zero-order valence-corrected chi connectivity index (χ0v) is 15.6. The molecule has 0 aliphatic carbocycles. The van der Waals surface area contributed by atoms with Crippen molar-refractivity contribution in [1.82, 2.24) is 4.31 Å². The van der Waals surface area contributed by atoms with E-state index < -0.39 is 26.8 Å². The van der Waals surface area contributed by atoms with Gasteiger partial charge in [-0.05, 0) is 25.0 Å². The third kappa shape index (κ3) is 3.96. The highest BCUT2D eigenvalue weighted by molar-refractivity contribution is 7.89. The number of nitro benzene ring substituents is 1. The van der Waals surface area contributed by atoms with Crippen molar-refractivity contribution in [1.29, 1.82) is 0 Å². The average molecular weight is 385 g/mol. The van der Waals surface area contributed by atoms with Gasteiger partial charge in [-0.25, -0.2) is 8.42 Å². The summed E-state index contributed by atoms with van der Waals surface area (Å²) >= 11 is 0. The number of anilines is 1. The Balaban J connectivity index is 2.44. The molecule has 1 heterocycles. The van der Waals surface area contributed by atoms with E-state index >= 15 is 0 Å². The Morgan fingerprint density at radius 2 is 2.04 bits per heavy atom. The summed E-state index contributed by atoms with van der Waals surface area (Å²) in [7, 11) is -3.81. The maximum Gasteiger partial charge on any atom is 0.308 e. The molecule has 2 rings (SSSR count). The Bertz CT molecular complexity index is 791. The third-order valence-electron chi connectivity index (χ3n) is 4.60. The molecule has 1 N–H and O–H groups in total. The molecule has 1 aromatic rings. The van der Waals surface area contributed by atoms with Crippen LogP contribution in [0.2, 0.25) is 0 Å². The first-order chi connectivity index (χ1) is 12.2. The van der Waals surface area contributed by atoms with Crippen molar-refractivity contribution in [2.45, 2.75) is 31.6 Å². The van der Waals surface area contributed by atoms with Gasteiger partial charge in [-0.15, -0.1) is 0 Å². The molecule has 144 valence electrons. The minimum Gasteiger partial charge on any atom is -0.481 e. The van der Waals surface area contributed by atoms with Gasteiger partial charge in [0.2, 0.25) is 10.0 Å². The highest BCUT2D eigenvalue weighted by atomic mass is 32.2. The second-order valence-electron chi connectivity index (χ2n) is 6.12. The summed E-state index contributed by atoms with van der Waals surface area (Å²) in [5.41, 5.74) is -0.0799. The average Bonchev–Trinajstić information content (AvgIpc) is 2.62. The molecule has 0 saturated carbocycles. The molecule has 0 bridgehead atoms. The van der Waals surface area contributed by atoms with E-state index in [4.69, 9.17) is 0 Å². The molecular formula is C16H23N3O6S. The number of carboxylic acid groups (broad SMARTS) is 1. The van der Waals surface area contributed by atoms with Gasteiger partial charge >= 0.3 is 5.97 Å². The first-order valence-electron chi connectivity index (χ1n) is 8.48. The molecule has 0 spiro atoms. The molecule has 1 fully saturated rings. The smallest absolute Gasteiger partial charge is 0.308 e. The molecular weight excluding hydrogens is 362 g/mol. The van der Waals surface area contributed by atoms with Crippen molar-refractivity contribution >= 4 is 27.4 Å². The van der Waals surface area contributed by atoms with Crippen LogP contribution in [-0.2, 0) is 14.8 Å². The molecule has 0 radical (unpaired) electrons. The van der Waals surface area contributed by atoms with E-state index in [2.05, 4.69) is 0 Å². The highest BCUT2D eigenvalue weighted by Gasteiger charge is 2.31. The zero-order valence-electron chi connectivity index (χ0n) is 14.8. The maximum atomic E-state index is 12.6. The van der Waals surface area contributed by atoms with Gasteiger partial charge in [0.1, 0.15) is 5.69 Å². The summed E-state index contributed by atoms with van der Waals surface area (Å²) in [5.74, 6) is -1.53. The molecule has 0 amide bonds. The number of hydrogen-bond donors (Lipinski definition) is 1. The second-order valence-corrected chi connectivity index (χ2v) is 8.06. The number of piperidine rings is 1. The van der Waals surface area contributed by atoms with E-state index in [0.29, 0.717) is 19.4 Å². The Morgan fingerprint density at radius 3 is 2.58 bits per heavy atom. The molecule has 1 aromatic carbocycles. The molecule has 1 atom stereocenters. The largest absolute Gasteiger partial charge is 0.481 e. The van der Waals surface area contributed by atoms with Crippen LogP contribution in [0.15, 0.2) is 23.1 Å². The minimum atomic E-state index is -3.81. The van der Waals surface area contributed by atoms with E-state index in [9.17, 15) is 28.4 Å². The van der Waals surface area contributed by atoms with Crippen LogP contribution in [0, 0.1) is 16.0 Å². The standard InChI is InChI=1S/C16H23N3O6S/c1-3-18(4-2)26(24,25)13-7-8-14(15(10-13)19(22)23)17-9-5-6-12(11-17)16(20)21/h7-8,10,12H,3-6,9,11H2,1-2H3,(H,20,21). The summed E-state index contributed by atoms with van der Waals surface area (Å²) in [4.78, 5) is 23.6. The van der Waals surface area contributed by atoms with E-state index in [1.54, 1.807) is 18.7 Å². The molecule has 26 heavy (non-hydrogen) atoms. The Labute approximate surface area is 152 Å². The van der Waals surface area contributed by atoms with Crippen LogP contribution in [0.4, 0.5) is 11.4 Å². The quantitative estimate of drug-likeness (QED) is 0.562. The van der Waals surface area contributed by atoms with Crippen LogP contribution in [0.3, 0.4) is 0 Å². The molecule has 1 aliphatic rings. The molecule has 9 nitrogen and oxygen atoms in total. The van der Waals surface area contributed by atoms with Crippen LogP contribution in [-0.4, -0.2) is 54.9 Å². The third-order valence-corrected chi connectivity index (χ3v) is 6.64. The summed E-state index contributed by atoms with van der Waals surface area (Å²) in [6.45, 7) is 4.58. The van der Waals surface area contributed by atoms with Gasteiger partial charge in [-0.2, -0.15) is 4.31 Å². The Morgan fingerprint density at radius 1 is 1.38 bits per heavy atom.